The van der Waals surface area contributed by atoms with Crippen LogP contribution in [0.3, 0.4) is 0 Å². The quantitative estimate of drug-likeness (QED) is 0.414. The molecule has 2 amide bonds. The Morgan fingerprint density at radius 1 is 0.907 bits per heavy atom. The van der Waals surface area contributed by atoms with Gasteiger partial charge in [0.15, 0.2) is 5.78 Å². The molecule has 7 nitrogen and oxygen atoms in total. The highest BCUT2D eigenvalue weighted by Crippen LogP contribution is 2.76. The van der Waals surface area contributed by atoms with E-state index in [-0.39, 0.29) is 76.1 Å². The normalized spacial score (nSPS) is 43.8. The van der Waals surface area contributed by atoms with Gasteiger partial charge in [0, 0.05) is 31.8 Å². The van der Waals surface area contributed by atoms with E-state index in [1.54, 1.807) is 4.90 Å². The molecule has 0 aromatic rings. The summed E-state index contributed by atoms with van der Waals surface area (Å²) in [7, 11) is 0. The average molecular weight is 595 g/mol. The lowest BCUT2D eigenvalue weighted by atomic mass is 9.33. The number of ether oxygens (including phenoxy) is 1. The number of nitrogens with one attached hydrogen (secondary N) is 1. The van der Waals surface area contributed by atoms with Crippen molar-refractivity contribution in [3.8, 4) is 0 Å². The number of fused-ring (bicyclic) bond motifs is 7. The number of ketones is 1. The lowest BCUT2D eigenvalue weighted by Gasteiger charge is -2.72. The molecule has 6 rings (SSSR count). The van der Waals surface area contributed by atoms with E-state index in [4.69, 9.17) is 4.74 Å². The van der Waals surface area contributed by atoms with Crippen LogP contribution in [0.1, 0.15) is 113 Å². The number of piperazine rings is 1. The van der Waals surface area contributed by atoms with Crippen molar-refractivity contribution in [2.24, 2.45) is 50.7 Å². The molecule has 0 radical (unpaired) electrons. The second kappa shape index (κ2) is 9.91. The zero-order valence-corrected chi connectivity index (χ0v) is 27.9. The molecule has 4 saturated carbocycles. The van der Waals surface area contributed by atoms with E-state index < -0.39 is 5.41 Å². The minimum atomic E-state index is -0.799. The predicted octanol–water partition coefficient (Wildman–Crippen LogP) is 5.86. The zero-order valence-electron chi connectivity index (χ0n) is 27.9. The lowest BCUT2D eigenvalue weighted by Crippen LogP contribution is -2.66. The van der Waals surface area contributed by atoms with Crippen molar-refractivity contribution in [3.05, 3.63) is 11.1 Å². The van der Waals surface area contributed by atoms with Crippen molar-refractivity contribution in [2.45, 2.75) is 119 Å². The highest BCUT2D eigenvalue weighted by atomic mass is 16.5. The molecule has 7 heteroatoms. The van der Waals surface area contributed by atoms with Gasteiger partial charge in [0.25, 0.3) is 0 Å². The Balaban J connectivity index is 1.39. The van der Waals surface area contributed by atoms with Crippen LogP contribution in [0.25, 0.3) is 0 Å². The van der Waals surface area contributed by atoms with Crippen LogP contribution in [0.2, 0.25) is 0 Å². The van der Waals surface area contributed by atoms with Gasteiger partial charge >= 0.3 is 5.97 Å². The molecule has 1 heterocycles. The predicted molar refractivity (Wildman–Crippen MR) is 165 cm³/mol. The fourth-order valence-electron chi connectivity index (χ4n) is 12.4. The standard InChI is InChI=1S/C36H54N2O5/c1-21(2)29-24(40)19-36(31(42)38-18-17-37-28(41)20-38)16-15-34(7)23(30(29)36)9-10-26-33(6)13-12-27(43-22(3)39)32(4,5)25(33)11-14-35(26,34)8/h21,23,25-27H,9-20H2,1-8H3,(H,37,41)/t23-,25+,26-,27+,33+,34-,35-,36-/m1/s1. The van der Waals surface area contributed by atoms with Crippen LogP contribution in [-0.4, -0.2) is 54.2 Å². The summed E-state index contributed by atoms with van der Waals surface area (Å²) in [5, 5.41) is 2.86. The summed E-state index contributed by atoms with van der Waals surface area (Å²) < 4.78 is 5.91. The maximum atomic E-state index is 14.5. The second-order valence-electron chi connectivity index (χ2n) is 16.8. The van der Waals surface area contributed by atoms with Gasteiger partial charge in [-0.05, 0) is 102 Å². The van der Waals surface area contributed by atoms with Crippen molar-refractivity contribution in [2.75, 3.05) is 19.6 Å². The largest absolute Gasteiger partial charge is 0.462 e. The maximum Gasteiger partial charge on any atom is 0.302 e. The SMILES string of the molecule is CC(=O)O[C@H]1CC[C@]2(C)[C@H]3CC[C@@H]4C5=C(C(C)C)C(=O)C[C@]5(C(=O)N5CCNC(=O)C5)CC[C@@]4(C)[C@]3(C)CC[C@H]2C1(C)C. The fraction of sp³-hybridized carbons (Fsp3) is 0.833. The van der Waals surface area contributed by atoms with Crippen molar-refractivity contribution in [3.63, 3.8) is 0 Å². The summed E-state index contributed by atoms with van der Waals surface area (Å²) in [5.41, 5.74) is 1.38. The summed E-state index contributed by atoms with van der Waals surface area (Å²) in [6.07, 6.45) is 8.15. The van der Waals surface area contributed by atoms with Crippen LogP contribution in [0.15, 0.2) is 11.1 Å². The van der Waals surface area contributed by atoms with Gasteiger partial charge in [-0.25, -0.2) is 0 Å². The van der Waals surface area contributed by atoms with E-state index in [9.17, 15) is 19.2 Å². The monoisotopic (exact) mass is 594 g/mol. The summed E-state index contributed by atoms with van der Waals surface area (Å²) in [5.74, 6) is 1.14. The van der Waals surface area contributed by atoms with Crippen LogP contribution >= 0.6 is 0 Å². The first-order chi connectivity index (χ1) is 20.0. The number of nitrogens with zero attached hydrogens (tertiary/aromatic N) is 1. The number of esters is 1. The highest BCUT2D eigenvalue weighted by molar-refractivity contribution is 6.07. The number of rotatable bonds is 3. The average Bonchev–Trinajstić information content (AvgIpc) is 3.23. The second-order valence-corrected chi connectivity index (χ2v) is 16.8. The molecule has 6 aliphatic rings. The minimum Gasteiger partial charge on any atom is -0.462 e. The first-order valence-corrected chi connectivity index (χ1v) is 17.0. The van der Waals surface area contributed by atoms with Gasteiger partial charge in [0.2, 0.25) is 11.8 Å². The Hall–Kier alpha value is -2.18. The van der Waals surface area contributed by atoms with E-state index in [2.05, 4.69) is 53.8 Å². The molecule has 0 aromatic heterocycles. The van der Waals surface area contributed by atoms with E-state index in [0.29, 0.717) is 31.3 Å². The molecule has 0 unspecified atom stereocenters. The topological polar surface area (TPSA) is 92.8 Å². The molecule has 0 spiro atoms. The molecule has 5 aliphatic carbocycles. The number of carbonyl (C=O) groups excluding carboxylic acids is 4. The third kappa shape index (κ3) is 4.10. The van der Waals surface area contributed by atoms with Gasteiger partial charge in [-0.15, -0.1) is 0 Å². The Labute approximate surface area is 258 Å². The van der Waals surface area contributed by atoms with E-state index in [0.717, 1.165) is 56.1 Å². The smallest absolute Gasteiger partial charge is 0.302 e. The Morgan fingerprint density at radius 2 is 1.63 bits per heavy atom. The molecule has 1 N–H and O–H groups in total. The summed E-state index contributed by atoms with van der Waals surface area (Å²) in [4.78, 5) is 54.4. The maximum absolute atomic E-state index is 14.5. The van der Waals surface area contributed by atoms with Crippen LogP contribution in [0.5, 0.6) is 0 Å². The van der Waals surface area contributed by atoms with Crippen LogP contribution in [-0.2, 0) is 23.9 Å². The molecule has 238 valence electrons. The number of allylic oxidation sites excluding steroid dienone is 1. The third-order valence-corrected chi connectivity index (χ3v) is 14.4. The molecule has 0 bridgehead atoms. The van der Waals surface area contributed by atoms with Gasteiger partial charge in [-0.2, -0.15) is 0 Å². The minimum absolute atomic E-state index is 0.0110. The zero-order chi connectivity index (χ0) is 31.3. The lowest BCUT2D eigenvalue weighted by molar-refractivity contribution is -0.232. The first kappa shape index (κ1) is 30.8. The number of amides is 2. The number of Topliss-reactive ketones (excluding diaryl/α,β-unsaturated/α-hetero) is 1. The van der Waals surface area contributed by atoms with Crippen molar-refractivity contribution >= 4 is 23.6 Å². The van der Waals surface area contributed by atoms with Gasteiger partial charge in [0.05, 0.1) is 12.0 Å². The van der Waals surface area contributed by atoms with Gasteiger partial charge in [-0.1, -0.05) is 48.5 Å². The molecule has 5 fully saturated rings. The fourth-order valence-corrected chi connectivity index (χ4v) is 12.4. The van der Waals surface area contributed by atoms with Gasteiger partial charge < -0.3 is 15.0 Å². The van der Waals surface area contributed by atoms with Gasteiger partial charge in [-0.3, -0.25) is 19.2 Å². The van der Waals surface area contributed by atoms with E-state index in [1.165, 1.54) is 6.92 Å². The number of hydrogen-bond donors (Lipinski definition) is 1. The van der Waals surface area contributed by atoms with E-state index in [1.807, 2.05) is 0 Å². The highest BCUT2D eigenvalue weighted by Gasteiger charge is 2.71. The van der Waals surface area contributed by atoms with Crippen LogP contribution < -0.4 is 5.32 Å². The Kier molecular flexibility index (Phi) is 7.10. The molecule has 1 aliphatic heterocycles. The van der Waals surface area contributed by atoms with Crippen LogP contribution in [0.4, 0.5) is 0 Å². The molecule has 43 heavy (non-hydrogen) atoms. The molecular formula is C36H54N2O5. The first-order valence-electron chi connectivity index (χ1n) is 17.0. The van der Waals surface area contributed by atoms with Crippen molar-refractivity contribution in [1.82, 2.24) is 10.2 Å². The molecule has 1 saturated heterocycles. The summed E-state index contributed by atoms with van der Waals surface area (Å²) in [6, 6.07) is 0. The summed E-state index contributed by atoms with van der Waals surface area (Å²) in [6.45, 7) is 19.1. The number of carbonyl (C=O) groups is 4. The van der Waals surface area contributed by atoms with Crippen molar-refractivity contribution < 1.29 is 23.9 Å². The Morgan fingerprint density at radius 3 is 2.28 bits per heavy atom. The number of hydrogen-bond acceptors (Lipinski definition) is 5. The molecule has 8 atom stereocenters. The summed E-state index contributed by atoms with van der Waals surface area (Å²) >= 11 is 0. The van der Waals surface area contributed by atoms with Gasteiger partial charge in [0.1, 0.15) is 6.10 Å². The third-order valence-electron chi connectivity index (χ3n) is 14.4. The van der Waals surface area contributed by atoms with Crippen LogP contribution in [0, 0.1) is 50.7 Å². The Bertz CT molecular complexity index is 1280. The van der Waals surface area contributed by atoms with E-state index >= 15 is 0 Å². The molecule has 0 aromatic carbocycles. The molecular weight excluding hydrogens is 540 g/mol. The van der Waals surface area contributed by atoms with Crippen molar-refractivity contribution in [1.29, 1.82) is 0 Å².